The van der Waals surface area contributed by atoms with Gasteiger partial charge in [-0.1, -0.05) is 212 Å². The average Bonchev–Trinajstić information content (AvgIpc) is 3.99. The molecule has 5 rings (SSSR count). The van der Waals surface area contributed by atoms with E-state index in [1.807, 2.05) is 0 Å². The molecule has 0 bridgehead atoms. The number of aromatic nitrogens is 2. The van der Waals surface area contributed by atoms with E-state index in [2.05, 4.69) is 143 Å². The van der Waals surface area contributed by atoms with Crippen molar-refractivity contribution in [2.75, 3.05) is 0 Å². The third kappa shape index (κ3) is 10.5. The van der Waals surface area contributed by atoms with Crippen molar-refractivity contribution in [1.29, 1.82) is 0 Å². The Morgan fingerprint density at radius 1 is 0.377 bits per heavy atom. The molecule has 0 fully saturated rings. The van der Waals surface area contributed by atoms with Gasteiger partial charge in [-0.15, -0.1) is 34.0 Å². The van der Waals surface area contributed by atoms with Crippen LogP contribution in [0.3, 0.4) is 0 Å². The maximum absolute atomic E-state index is 5.87. The highest BCUT2D eigenvalue weighted by atomic mass is 32.1. The predicted octanol–water partition coefficient (Wildman–Crippen LogP) is 19.1. The molecular formula is C54H90N2S3Si2. The quantitative estimate of drug-likeness (QED) is 0.0369. The van der Waals surface area contributed by atoms with E-state index in [4.69, 9.17) is 9.97 Å². The summed E-state index contributed by atoms with van der Waals surface area (Å²) in [5.41, 5.74) is 12.5. The van der Waals surface area contributed by atoms with Gasteiger partial charge in [0.2, 0.25) is 0 Å². The fraction of sp³-hybridized carbons (Fsp3) is 0.741. The molecule has 0 radical (unpaired) electrons. The van der Waals surface area contributed by atoms with E-state index in [0.717, 1.165) is 12.8 Å². The third-order valence-electron chi connectivity index (χ3n) is 15.4. The molecule has 61 heavy (non-hydrogen) atoms. The summed E-state index contributed by atoms with van der Waals surface area (Å²) in [6.07, 6.45) is 32.3. The molecule has 0 N–H and O–H groups in total. The smallest absolute Gasteiger partial charge is 0.131 e. The molecule has 3 aromatic heterocycles. The van der Waals surface area contributed by atoms with Crippen molar-refractivity contribution in [3.05, 3.63) is 34.7 Å². The van der Waals surface area contributed by atoms with Gasteiger partial charge in [0.05, 0.1) is 40.2 Å². The number of hydrogen-bond donors (Lipinski definition) is 0. The molecule has 0 unspecified atom stereocenters. The highest BCUT2D eigenvalue weighted by molar-refractivity contribution is 7.34. The van der Waals surface area contributed by atoms with Gasteiger partial charge >= 0.3 is 0 Å². The van der Waals surface area contributed by atoms with Crippen LogP contribution in [0.25, 0.3) is 30.7 Å². The van der Waals surface area contributed by atoms with E-state index in [0.29, 0.717) is 33.2 Å². The number of hydrogen-bond acceptors (Lipinski definition) is 5. The van der Waals surface area contributed by atoms with E-state index in [1.165, 1.54) is 178 Å². The second-order valence-electron chi connectivity index (χ2n) is 21.2. The van der Waals surface area contributed by atoms with Crippen LogP contribution >= 0.6 is 34.0 Å². The molecule has 3 heterocycles. The minimum atomic E-state index is -1.91. The first kappa shape index (κ1) is 50.9. The molecule has 0 aliphatic heterocycles. The summed E-state index contributed by atoms with van der Waals surface area (Å²) in [4.78, 5) is 17.8. The van der Waals surface area contributed by atoms with Crippen molar-refractivity contribution in [3.63, 3.8) is 0 Å². The average molecular weight is 920 g/mol. The highest BCUT2D eigenvalue weighted by Gasteiger charge is 2.51. The van der Waals surface area contributed by atoms with Gasteiger partial charge < -0.3 is 0 Å². The Balaban J connectivity index is 1.57. The van der Waals surface area contributed by atoms with Crippen LogP contribution in [0.4, 0.5) is 0 Å². The number of fused-ring (bicyclic) bond motifs is 7. The number of thiazole rings is 2. The third-order valence-corrected chi connectivity index (χ3v) is 34.6. The lowest BCUT2D eigenvalue weighted by Crippen LogP contribution is -2.55. The fourth-order valence-electron chi connectivity index (χ4n) is 12.5. The van der Waals surface area contributed by atoms with Gasteiger partial charge in [0, 0.05) is 22.3 Å². The van der Waals surface area contributed by atoms with Gasteiger partial charge in [-0.2, -0.15) is 0 Å². The van der Waals surface area contributed by atoms with Crippen LogP contribution in [-0.4, -0.2) is 26.1 Å². The zero-order valence-corrected chi connectivity index (χ0v) is 46.3. The van der Waals surface area contributed by atoms with Gasteiger partial charge in [-0.05, 0) is 58.9 Å². The van der Waals surface area contributed by atoms with Gasteiger partial charge in [0.1, 0.15) is 16.1 Å². The summed E-state index contributed by atoms with van der Waals surface area (Å²) in [6.45, 7) is 34.7. The number of rotatable bonds is 28. The number of allylic oxidation sites excluding steroid dienone is 2. The van der Waals surface area contributed by atoms with Crippen molar-refractivity contribution in [2.24, 2.45) is 0 Å². The second kappa shape index (κ2) is 23.4. The number of thiophene rings is 1. The zero-order chi connectivity index (χ0) is 44.5. The number of nitrogens with zero attached hydrogens (tertiary/aromatic N) is 2. The molecular weight excluding hydrogens is 829 g/mol. The lowest BCUT2D eigenvalue weighted by Gasteiger charge is -2.41. The van der Waals surface area contributed by atoms with E-state index >= 15 is 0 Å². The van der Waals surface area contributed by atoms with Crippen molar-refractivity contribution in [3.8, 4) is 19.5 Å². The Morgan fingerprint density at radius 2 is 0.656 bits per heavy atom. The predicted molar refractivity (Wildman–Crippen MR) is 286 cm³/mol. The van der Waals surface area contributed by atoms with Crippen LogP contribution in [0.5, 0.6) is 0 Å². The van der Waals surface area contributed by atoms with Crippen LogP contribution < -0.4 is 9.26 Å². The molecule has 2 nitrogen and oxygen atoms in total. The molecule has 0 saturated heterocycles. The van der Waals surface area contributed by atoms with E-state index in [1.54, 1.807) is 0 Å². The Morgan fingerprint density at radius 3 is 0.934 bits per heavy atom. The summed E-state index contributed by atoms with van der Waals surface area (Å²) < 4.78 is 3.02. The Kier molecular flexibility index (Phi) is 19.5. The van der Waals surface area contributed by atoms with E-state index in [-0.39, 0.29) is 0 Å². The van der Waals surface area contributed by atoms with E-state index < -0.39 is 16.1 Å². The van der Waals surface area contributed by atoms with E-state index in [9.17, 15) is 0 Å². The van der Waals surface area contributed by atoms with Crippen molar-refractivity contribution in [2.45, 2.75) is 259 Å². The van der Waals surface area contributed by atoms with Gasteiger partial charge in [-0.3, -0.25) is 0 Å². The monoisotopic (exact) mass is 919 g/mol. The zero-order valence-electron chi connectivity index (χ0n) is 41.9. The molecule has 7 heteroatoms. The lowest BCUT2D eigenvalue weighted by molar-refractivity contribution is 0.566. The van der Waals surface area contributed by atoms with Crippen LogP contribution in [0.2, 0.25) is 33.2 Å². The lowest BCUT2D eigenvalue weighted by atomic mass is 9.97. The van der Waals surface area contributed by atoms with Gasteiger partial charge in [0.25, 0.3) is 0 Å². The van der Waals surface area contributed by atoms with Crippen LogP contribution in [0, 0.1) is 0 Å². The topological polar surface area (TPSA) is 25.8 Å². The Hall–Kier alpha value is -1.13. The summed E-state index contributed by atoms with van der Waals surface area (Å²) in [6, 6.07) is 0. The van der Waals surface area contributed by atoms with Crippen molar-refractivity contribution < 1.29 is 0 Å². The standard InChI is InChI=1S/C54H90N2S3Si2/c1-15-17-19-21-23-25-27-29-31-33-35-43-45-46-44(36-34-32-30-28-26-24-22-20-18-16-2)48-52(59-54(56-48)61(40(9)10,41(11)12)42(13)14)50(46)57-49(45)51-47(43)55-53(58-51)60(37(3)4,38(5)6)39(7)8/h35-42H,15-34H2,1-14H3. The molecule has 2 aliphatic carbocycles. The Labute approximate surface area is 390 Å². The first-order chi connectivity index (χ1) is 29.2. The van der Waals surface area contributed by atoms with Gasteiger partial charge in [-0.25, -0.2) is 9.97 Å². The molecule has 0 atom stereocenters. The van der Waals surface area contributed by atoms with Crippen LogP contribution in [0.15, 0.2) is 12.2 Å². The summed E-state index contributed by atoms with van der Waals surface area (Å²) in [5, 5.41) is 0. The molecule has 2 aliphatic rings. The molecule has 0 aromatic carbocycles. The molecule has 0 spiro atoms. The minimum absolute atomic E-state index is 0.655. The summed E-state index contributed by atoms with van der Waals surface area (Å²) in [7, 11) is -3.81. The summed E-state index contributed by atoms with van der Waals surface area (Å²) >= 11 is 6.33. The fourth-order valence-corrected chi connectivity index (χ4v) is 33.6. The second-order valence-corrected chi connectivity index (χ2v) is 36.5. The molecule has 0 amide bonds. The van der Waals surface area contributed by atoms with Crippen molar-refractivity contribution >= 4 is 70.6 Å². The SMILES string of the molecule is CCCCCCCCCCCC=C1c2nc([Si](C(C)C)(C(C)C)C(C)C)sc2-c2sc3c(c21)C(=CCCCCCCCCCCC)c1nc([Si](C(C)C)(C(C)C)C(C)C)sc1-3. The molecule has 342 valence electrons. The maximum atomic E-state index is 5.87. The van der Waals surface area contributed by atoms with Crippen LogP contribution in [0.1, 0.15) is 248 Å². The molecule has 0 saturated carbocycles. The molecule has 3 aromatic rings. The van der Waals surface area contributed by atoms with Crippen molar-refractivity contribution in [1.82, 2.24) is 9.97 Å². The minimum Gasteiger partial charge on any atom is -0.246 e. The Bertz CT molecular complexity index is 1710. The first-order valence-electron chi connectivity index (χ1n) is 25.8. The largest absolute Gasteiger partial charge is 0.246 e. The summed E-state index contributed by atoms with van der Waals surface area (Å²) in [5.74, 6) is 0. The highest BCUT2D eigenvalue weighted by Crippen LogP contribution is 2.62. The first-order valence-corrected chi connectivity index (χ1v) is 32.8. The van der Waals surface area contributed by atoms with Gasteiger partial charge in [0.15, 0.2) is 0 Å². The van der Waals surface area contributed by atoms with Crippen LogP contribution in [-0.2, 0) is 0 Å². The normalized spacial score (nSPS) is 15.3. The number of unbranched alkanes of at least 4 members (excludes halogenated alkanes) is 18. The maximum Gasteiger partial charge on any atom is 0.131 e.